The van der Waals surface area contributed by atoms with Crippen molar-refractivity contribution in [3.8, 4) is 5.75 Å². The van der Waals surface area contributed by atoms with Crippen LogP contribution in [0.2, 0.25) is 0 Å². The minimum Gasteiger partial charge on any atom is -0.508 e. The second-order valence-electron chi connectivity index (χ2n) is 6.48. The molecule has 1 amide bonds. The summed E-state index contributed by atoms with van der Waals surface area (Å²) >= 11 is 1.55. The maximum atomic E-state index is 12.6. The van der Waals surface area contributed by atoms with Crippen LogP contribution in [-0.2, 0) is 21.2 Å². The molecule has 0 aliphatic carbocycles. The van der Waals surface area contributed by atoms with Gasteiger partial charge in [-0.2, -0.15) is 16.5 Å². The number of aromatic hydroxyl groups is 1. The highest BCUT2D eigenvalue weighted by Crippen LogP contribution is 2.13. The van der Waals surface area contributed by atoms with Crippen molar-refractivity contribution in [3.63, 3.8) is 0 Å². The fraction of sp³-hybridized carbons (Fsp3) is 0.350. The Kier molecular flexibility index (Phi) is 8.35. The van der Waals surface area contributed by atoms with E-state index in [2.05, 4.69) is 10.0 Å². The van der Waals surface area contributed by atoms with Gasteiger partial charge in [-0.3, -0.25) is 4.79 Å². The van der Waals surface area contributed by atoms with Crippen LogP contribution in [0.5, 0.6) is 5.75 Å². The maximum absolute atomic E-state index is 12.6. The Morgan fingerprint density at radius 2 is 1.89 bits per heavy atom. The van der Waals surface area contributed by atoms with Gasteiger partial charge in [-0.15, -0.1) is 0 Å². The van der Waals surface area contributed by atoms with Crippen molar-refractivity contribution in [2.24, 2.45) is 0 Å². The van der Waals surface area contributed by atoms with E-state index in [0.717, 1.165) is 11.1 Å². The summed E-state index contributed by atoms with van der Waals surface area (Å²) in [6.45, 7) is 2.23. The molecule has 2 aromatic carbocycles. The number of rotatable bonds is 10. The summed E-state index contributed by atoms with van der Waals surface area (Å²) in [5, 5.41) is 12.3. The highest BCUT2D eigenvalue weighted by Gasteiger charge is 2.25. The van der Waals surface area contributed by atoms with E-state index in [1.807, 2.05) is 19.2 Å². The Balaban J connectivity index is 2.00. The molecule has 0 saturated carbocycles. The molecular formula is C20H26N2O4S2. The number of thioether (sulfide) groups is 1. The van der Waals surface area contributed by atoms with Crippen LogP contribution in [-0.4, -0.2) is 44.0 Å². The first kappa shape index (κ1) is 22.3. The number of carbonyl (C=O) groups is 1. The van der Waals surface area contributed by atoms with Gasteiger partial charge in [-0.1, -0.05) is 29.8 Å². The highest BCUT2D eigenvalue weighted by molar-refractivity contribution is 7.98. The molecule has 0 bridgehead atoms. The lowest BCUT2D eigenvalue weighted by atomic mass is 10.1. The zero-order valence-electron chi connectivity index (χ0n) is 16.0. The van der Waals surface area contributed by atoms with Crippen LogP contribution in [0.1, 0.15) is 17.5 Å². The summed E-state index contributed by atoms with van der Waals surface area (Å²) < 4.78 is 27.8. The van der Waals surface area contributed by atoms with Crippen LogP contribution in [0.25, 0.3) is 0 Å². The summed E-state index contributed by atoms with van der Waals surface area (Å²) in [6.07, 6.45) is 2.84. The van der Waals surface area contributed by atoms with Crippen LogP contribution in [0.3, 0.4) is 0 Å². The number of sulfonamides is 1. The van der Waals surface area contributed by atoms with Gasteiger partial charge in [0.15, 0.2) is 0 Å². The van der Waals surface area contributed by atoms with Gasteiger partial charge in [0.05, 0.1) is 4.90 Å². The molecule has 3 N–H and O–H groups in total. The lowest BCUT2D eigenvalue weighted by Gasteiger charge is -2.18. The van der Waals surface area contributed by atoms with E-state index in [9.17, 15) is 18.3 Å². The van der Waals surface area contributed by atoms with Crippen molar-refractivity contribution in [3.05, 3.63) is 59.7 Å². The minimum absolute atomic E-state index is 0.139. The predicted molar refractivity (Wildman–Crippen MR) is 113 cm³/mol. The lowest BCUT2D eigenvalue weighted by Crippen LogP contribution is -2.47. The molecule has 28 heavy (non-hydrogen) atoms. The Hall–Kier alpha value is -2.03. The monoisotopic (exact) mass is 422 g/mol. The number of amides is 1. The third kappa shape index (κ3) is 6.85. The van der Waals surface area contributed by atoms with Crippen LogP contribution < -0.4 is 10.0 Å². The Bertz CT molecular complexity index is 883. The van der Waals surface area contributed by atoms with E-state index >= 15 is 0 Å². The number of phenols is 1. The second-order valence-corrected chi connectivity index (χ2v) is 9.18. The van der Waals surface area contributed by atoms with E-state index in [-0.39, 0.29) is 16.6 Å². The van der Waals surface area contributed by atoms with Crippen molar-refractivity contribution in [1.82, 2.24) is 10.0 Å². The summed E-state index contributed by atoms with van der Waals surface area (Å²) in [7, 11) is -3.79. The van der Waals surface area contributed by atoms with E-state index in [4.69, 9.17) is 0 Å². The molecule has 0 heterocycles. The van der Waals surface area contributed by atoms with Gasteiger partial charge in [0.1, 0.15) is 11.8 Å². The fourth-order valence-electron chi connectivity index (χ4n) is 2.62. The largest absolute Gasteiger partial charge is 0.508 e. The number of carbonyl (C=O) groups excluding carboxylic acids is 1. The fourth-order valence-corrected chi connectivity index (χ4v) is 4.32. The van der Waals surface area contributed by atoms with Crippen molar-refractivity contribution < 1.29 is 18.3 Å². The summed E-state index contributed by atoms with van der Waals surface area (Å²) in [4.78, 5) is 12.7. The molecule has 1 atom stereocenters. The van der Waals surface area contributed by atoms with Crippen molar-refractivity contribution in [2.45, 2.75) is 30.7 Å². The van der Waals surface area contributed by atoms with Gasteiger partial charge in [0, 0.05) is 6.54 Å². The number of hydrogen-bond donors (Lipinski definition) is 3. The van der Waals surface area contributed by atoms with Gasteiger partial charge in [0.25, 0.3) is 0 Å². The Labute approximate surface area is 170 Å². The minimum atomic E-state index is -3.79. The van der Waals surface area contributed by atoms with E-state index < -0.39 is 16.1 Å². The Morgan fingerprint density at radius 3 is 2.54 bits per heavy atom. The third-order valence-electron chi connectivity index (χ3n) is 4.18. The molecule has 0 aromatic heterocycles. The molecule has 1 unspecified atom stereocenters. The first-order valence-corrected chi connectivity index (χ1v) is 11.8. The summed E-state index contributed by atoms with van der Waals surface area (Å²) in [5.74, 6) is 0.471. The molecule has 0 radical (unpaired) electrons. The van der Waals surface area contributed by atoms with Crippen molar-refractivity contribution >= 4 is 27.7 Å². The molecule has 6 nitrogen and oxygen atoms in total. The molecule has 8 heteroatoms. The molecule has 2 rings (SSSR count). The van der Waals surface area contributed by atoms with E-state index in [0.29, 0.717) is 25.1 Å². The van der Waals surface area contributed by atoms with Crippen molar-refractivity contribution in [1.29, 1.82) is 0 Å². The topological polar surface area (TPSA) is 95.5 Å². The summed E-state index contributed by atoms with van der Waals surface area (Å²) in [5.41, 5.74) is 1.85. The number of aryl methyl sites for hydroxylation is 1. The maximum Gasteiger partial charge on any atom is 0.241 e. The number of benzene rings is 2. The molecular weight excluding hydrogens is 396 g/mol. The molecule has 0 saturated heterocycles. The number of hydrogen-bond acceptors (Lipinski definition) is 5. The molecule has 2 aromatic rings. The van der Waals surface area contributed by atoms with Crippen molar-refractivity contribution in [2.75, 3.05) is 18.6 Å². The normalized spacial score (nSPS) is 12.5. The Morgan fingerprint density at radius 1 is 1.18 bits per heavy atom. The molecule has 0 fully saturated rings. The van der Waals surface area contributed by atoms with Gasteiger partial charge < -0.3 is 10.4 Å². The number of nitrogens with one attached hydrogen (secondary N) is 2. The van der Waals surface area contributed by atoms with E-state index in [1.54, 1.807) is 42.1 Å². The first-order valence-electron chi connectivity index (χ1n) is 8.95. The van der Waals surface area contributed by atoms with Crippen LogP contribution >= 0.6 is 11.8 Å². The zero-order chi connectivity index (χ0) is 20.6. The smallest absolute Gasteiger partial charge is 0.241 e. The summed E-state index contributed by atoms with van der Waals surface area (Å²) in [6, 6.07) is 12.5. The SMILES string of the molecule is CSCCC(NS(=O)(=O)c1ccc(C)cc1)C(=O)NCCc1cccc(O)c1. The average Bonchev–Trinajstić information content (AvgIpc) is 2.65. The van der Waals surface area contributed by atoms with E-state index in [1.165, 1.54) is 12.1 Å². The molecule has 0 spiro atoms. The zero-order valence-corrected chi connectivity index (χ0v) is 17.6. The van der Waals surface area contributed by atoms with Gasteiger partial charge in [-0.25, -0.2) is 8.42 Å². The average molecular weight is 423 g/mol. The second kappa shape index (κ2) is 10.5. The van der Waals surface area contributed by atoms with Gasteiger partial charge >= 0.3 is 0 Å². The standard InChI is InChI=1S/C20H26N2O4S2/c1-15-6-8-18(9-7-15)28(25,26)22-19(11-13-27-2)20(24)21-12-10-16-4-3-5-17(23)14-16/h3-9,14,19,22-23H,10-13H2,1-2H3,(H,21,24). The van der Waals surface area contributed by atoms with Crippen LogP contribution in [0, 0.1) is 6.92 Å². The highest BCUT2D eigenvalue weighted by atomic mass is 32.2. The predicted octanol–water partition coefficient (Wildman–Crippen LogP) is 2.46. The van der Waals surface area contributed by atoms with Gasteiger partial charge in [-0.05, 0) is 61.6 Å². The molecule has 0 aliphatic rings. The van der Waals surface area contributed by atoms with Gasteiger partial charge in [0.2, 0.25) is 15.9 Å². The lowest BCUT2D eigenvalue weighted by molar-refractivity contribution is -0.122. The number of phenolic OH excluding ortho intramolecular Hbond substituents is 1. The third-order valence-corrected chi connectivity index (χ3v) is 6.31. The first-order chi connectivity index (χ1) is 13.3. The van der Waals surface area contributed by atoms with Crippen LogP contribution in [0.4, 0.5) is 0 Å². The van der Waals surface area contributed by atoms with Crippen LogP contribution in [0.15, 0.2) is 53.4 Å². The molecule has 0 aliphatic heterocycles. The quantitative estimate of drug-likeness (QED) is 0.547. The molecule has 152 valence electrons.